The molecule has 0 unspecified atom stereocenters. The van der Waals surface area contributed by atoms with Crippen LogP contribution in [0.5, 0.6) is 11.5 Å². The molecule has 0 spiro atoms. The van der Waals surface area contributed by atoms with Gasteiger partial charge in [0.1, 0.15) is 13.2 Å². The van der Waals surface area contributed by atoms with Gasteiger partial charge in [-0.2, -0.15) is 0 Å². The molecule has 0 aliphatic carbocycles. The van der Waals surface area contributed by atoms with Crippen LogP contribution in [-0.2, 0) is 20.0 Å². The van der Waals surface area contributed by atoms with Crippen molar-refractivity contribution in [2.45, 2.75) is 11.3 Å². The van der Waals surface area contributed by atoms with Gasteiger partial charge >= 0.3 is 0 Å². The van der Waals surface area contributed by atoms with Gasteiger partial charge in [0.15, 0.2) is 11.5 Å². The van der Waals surface area contributed by atoms with Crippen molar-refractivity contribution in [2.75, 3.05) is 34.5 Å². The first-order valence-corrected chi connectivity index (χ1v) is 12.0. The van der Waals surface area contributed by atoms with Gasteiger partial charge in [0.05, 0.1) is 27.0 Å². The van der Waals surface area contributed by atoms with Gasteiger partial charge in [0.2, 0.25) is 10.0 Å². The van der Waals surface area contributed by atoms with Crippen molar-refractivity contribution in [1.82, 2.24) is 0 Å². The number of ether oxygens (including phenoxy) is 2. The molecule has 0 bridgehead atoms. The average Bonchev–Trinajstić information content (AvgIpc) is 3.02. The second kappa shape index (κ2) is 7.02. The Morgan fingerprint density at radius 1 is 1.04 bits per heavy atom. The molecular weight excluding hydrogens is 428 g/mol. The Morgan fingerprint density at radius 2 is 1.79 bits per heavy atom. The third-order valence-corrected chi connectivity index (χ3v) is 7.95. The molecule has 2 heterocycles. The van der Waals surface area contributed by atoms with Gasteiger partial charge in [0.25, 0.3) is 10.0 Å². The van der Waals surface area contributed by atoms with Crippen LogP contribution in [0, 0.1) is 0 Å². The highest BCUT2D eigenvalue weighted by Crippen LogP contribution is 2.35. The Kier molecular flexibility index (Phi) is 4.80. The van der Waals surface area contributed by atoms with Crippen LogP contribution in [0.15, 0.2) is 41.3 Å². The zero-order valence-corrected chi connectivity index (χ0v) is 17.0. The van der Waals surface area contributed by atoms with E-state index in [1.807, 2.05) is 0 Å². The first-order valence-electron chi connectivity index (χ1n) is 8.49. The number of halogens is 1. The van der Waals surface area contributed by atoms with Crippen molar-refractivity contribution in [3.63, 3.8) is 0 Å². The Morgan fingerprint density at radius 3 is 2.46 bits per heavy atom. The van der Waals surface area contributed by atoms with Crippen molar-refractivity contribution in [3.8, 4) is 11.5 Å². The molecule has 2 aliphatic heterocycles. The number of anilines is 2. The van der Waals surface area contributed by atoms with Gasteiger partial charge in [-0.3, -0.25) is 9.03 Å². The van der Waals surface area contributed by atoms with Crippen molar-refractivity contribution < 1.29 is 26.3 Å². The van der Waals surface area contributed by atoms with Crippen LogP contribution < -0.4 is 18.5 Å². The molecular formula is C17H17ClN2O6S2. The summed E-state index contributed by atoms with van der Waals surface area (Å²) in [6.45, 7) is 1.13. The van der Waals surface area contributed by atoms with Gasteiger partial charge in [-0.05, 0) is 36.8 Å². The molecule has 0 saturated carbocycles. The SMILES string of the molecule is O=S(=O)(Nc1ccc(N2CCCS2(=O)=O)cc1Cl)c1ccc2c(c1)OCCO2. The molecule has 4 rings (SSSR count). The lowest BCUT2D eigenvalue weighted by Gasteiger charge is -2.20. The standard InChI is InChI=1S/C17H17ClN2O6S2/c18-14-10-12(20-6-1-9-27(20,21)22)2-4-15(14)19-28(23,24)13-3-5-16-17(11-13)26-8-7-25-16/h2-5,10-11,19H,1,6-9H2. The molecule has 1 saturated heterocycles. The van der Waals surface area contributed by atoms with E-state index in [-0.39, 0.29) is 21.4 Å². The van der Waals surface area contributed by atoms with Crippen molar-refractivity contribution in [2.24, 2.45) is 0 Å². The van der Waals surface area contributed by atoms with Crippen LogP contribution in [0.1, 0.15) is 6.42 Å². The minimum absolute atomic E-state index is 0.000913. The van der Waals surface area contributed by atoms with E-state index in [0.29, 0.717) is 43.4 Å². The molecule has 2 aromatic rings. The first-order chi connectivity index (χ1) is 13.3. The monoisotopic (exact) mass is 444 g/mol. The summed E-state index contributed by atoms with van der Waals surface area (Å²) in [5.41, 5.74) is 0.557. The minimum atomic E-state index is -3.93. The quantitative estimate of drug-likeness (QED) is 0.777. The second-order valence-corrected chi connectivity index (χ2v) is 10.4. The topological polar surface area (TPSA) is 102 Å². The molecule has 0 aromatic heterocycles. The number of hydrogen-bond acceptors (Lipinski definition) is 6. The Labute approximate surface area is 168 Å². The average molecular weight is 445 g/mol. The maximum Gasteiger partial charge on any atom is 0.262 e. The van der Waals surface area contributed by atoms with E-state index in [9.17, 15) is 16.8 Å². The maximum absolute atomic E-state index is 12.7. The molecule has 1 fully saturated rings. The van der Waals surface area contributed by atoms with Crippen LogP contribution in [0.3, 0.4) is 0 Å². The third-order valence-electron chi connectivity index (χ3n) is 4.41. The van der Waals surface area contributed by atoms with E-state index in [0.717, 1.165) is 0 Å². The van der Waals surface area contributed by atoms with Gasteiger partial charge in [-0.25, -0.2) is 16.8 Å². The molecule has 2 aromatic carbocycles. The summed E-state index contributed by atoms with van der Waals surface area (Å²) in [5, 5.41) is 0.0979. The summed E-state index contributed by atoms with van der Waals surface area (Å²) in [6.07, 6.45) is 0.540. The third kappa shape index (κ3) is 3.59. The summed E-state index contributed by atoms with van der Waals surface area (Å²) in [7, 11) is -7.27. The van der Waals surface area contributed by atoms with Crippen LogP contribution in [-0.4, -0.2) is 42.3 Å². The number of sulfonamides is 2. The van der Waals surface area contributed by atoms with Crippen molar-refractivity contribution in [3.05, 3.63) is 41.4 Å². The molecule has 28 heavy (non-hydrogen) atoms. The van der Waals surface area contributed by atoms with E-state index in [4.69, 9.17) is 21.1 Å². The number of nitrogens with zero attached hydrogens (tertiary/aromatic N) is 1. The lowest BCUT2D eigenvalue weighted by Crippen LogP contribution is -2.25. The summed E-state index contributed by atoms with van der Waals surface area (Å²) in [4.78, 5) is -0.000913. The van der Waals surface area contributed by atoms with Crippen LogP contribution in [0.25, 0.3) is 0 Å². The fourth-order valence-electron chi connectivity index (χ4n) is 3.07. The number of nitrogens with one attached hydrogen (secondary N) is 1. The normalized spacial score (nSPS) is 18.1. The van der Waals surface area contributed by atoms with Crippen LogP contribution in [0.4, 0.5) is 11.4 Å². The molecule has 150 valence electrons. The molecule has 11 heteroatoms. The van der Waals surface area contributed by atoms with E-state index < -0.39 is 20.0 Å². The number of benzene rings is 2. The minimum Gasteiger partial charge on any atom is -0.486 e. The summed E-state index contributed by atoms with van der Waals surface area (Å²) >= 11 is 6.22. The number of rotatable bonds is 4. The Bertz CT molecular complexity index is 1130. The second-order valence-electron chi connectivity index (χ2n) is 6.32. The molecule has 2 aliphatic rings. The Hall–Kier alpha value is -2.17. The van der Waals surface area contributed by atoms with Gasteiger partial charge < -0.3 is 9.47 Å². The van der Waals surface area contributed by atoms with Crippen molar-refractivity contribution >= 4 is 43.0 Å². The number of hydrogen-bond donors (Lipinski definition) is 1. The molecule has 8 nitrogen and oxygen atoms in total. The lowest BCUT2D eigenvalue weighted by atomic mass is 10.3. The Balaban J connectivity index is 1.60. The van der Waals surface area contributed by atoms with Gasteiger partial charge in [0, 0.05) is 12.6 Å². The first kappa shape index (κ1) is 19.2. The van der Waals surface area contributed by atoms with Crippen LogP contribution >= 0.6 is 11.6 Å². The zero-order chi connectivity index (χ0) is 19.9. The van der Waals surface area contributed by atoms with Gasteiger partial charge in [-0.1, -0.05) is 11.6 Å². The highest BCUT2D eigenvalue weighted by Gasteiger charge is 2.29. The summed E-state index contributed by atoms with van der Waals surface area (Å²) < 4.78 is 64.0. The predicted octanol–water partition coefficient (Wildman–Crippen LogP) is 2.45. The zero-order valence-electron chi connectivity index (χ0n) is 14.6. The molecule has 0 radical (unpaired) electrons. The highest BCUT2D eigenvalue weighted by atomic mass is 35.5. The maximum atomic E-state index is 12.7. The van der Waals surface area contributed by atoms with Crippen LogP contribution in [0.2, 0.25) is 5.02 Å². The highest BCUT2D eigenvalue weighted by molar-refractivity contribution is 7.93. The van der Waals surface area contributed by atoms with Crippen molar-refractivity contribution in [1.29, 1.82) is 0 Å². The fourth-order valence-corrected chi connectivity index (χ4v) is 6.00. The summed E-state index contributed by atoms with van der Waals surface area (Å²) in [5.74, 6) is 0.928. The predicted molar refractivity (Wildman–Crippen MR) is 105 cm³/mol. The van der Waals surface area contributed by atoms with E-state index in [1.54, 1.807) is 0 Å². The lowest BCUT2D eigenvalue weighted by molar-refractivity contribution is 0.171. The molecule has 0 atom stereocenters. The fraction of sp³-hybridized carbons (Fsp3) is 0.294. The summed E-state index contributed by atoms with van der Waals surface area (Å²) in [6, 6.07) is 8.74. The largest absolute Gasteiger partial charge is 0.486 e. The molecule has 1 N–H and O–H groups in total. The van der Waals surface area contributed by atoms with Gasteiger partial charge in [-0.15, -0.1) is 0 Å². The van der Waals surface area contributed by atoms with E-state index in [1.165, 1.54) is 40.7 Å². The van der Waals surface area contributed by atoms with E-state index in [2.05, 4.69) is 4.72 Å². The van der Waals surface area contributed by atoms with E-state index >= 15 is 0 Å². The molecule has 0 amide bonds. The number of fused-ring (bicyclic) bond motifs is 1. The smallest absolute Gasteiger partial charge is 0.262 e.